The van der Waals surface area contributed by atoms with Gasteiger partial charge in [-0.2, -0.15) is 0 Å². The quantitative estimate of drug-likeness (QED) is 0.817. The summed E-state index contributed by atoms with van der Waals surface area (Å²) in [7, 11) is 0. The highest BCUT2D eigenvalue weighted by molar-refractivity contribution is 7.90. The van der Waals surface area contributed by atoms with Gasteiger partial charge in [-0.25, -0.2) is 8.78 Å². The van der Waals surface area contributed by atoms with E-state index in [0.29, 0.717) is 6.42 Å². The van der Waals surface area contributed by atoms with Gasteiger partial charge in [0, 0.05) is 22.5 Å². The largest absolute Gasteiger partial charge is 0.598 e. The molecule has 0 bridgehead atoms. The van der Waals surface area contributed by atoms with Gasteiger partial charge in [0.05, 0.1) is 6.04 Å². The van der Waals surface area contributed by atoms with E-state index >= 15 is 0 Å². The van der Waals surface area contributed by atoms with Crippen molar-refractivity contribution in [2.45, 2.75) is 57.2 Å². The van der Waals surface area contributed by atoms with Crippen LogP contribution in [0.4, 0.5) is 8.78 Å². The Bertz CT molecular complexity index is 600. The summed E-state index contributed by atoms with van der Waals surface area (Å²) in [5, 5.41) is 3.35. The third-order valence-corrected chi connectivity index (χ3v) is 6.64. The zero-order valence-electron chi connectivity index (χ0n) is 14.4. The lowest BCUT2D eigenvalue weighted by Crippen LogP contribution is -2.48. The van der Waals surface area contributed by atoms with Gasteiger partial charge < -0.3 is 9.87 Å². The fraction of sp³-hybridized carbons (Fsp3) is 0.706. The van der Waals surface area contributed by atoms with Gasteiger partial charge in [-0.1, -0.05) is 6.07 Å². The molecule has 2 aliphatic rings. The predicted molar refractivity (Wildman–Crippen MR) is 91.2 cm³/mol. The summed E-state index contributed by atoms with van der Waals surface area (Å²) in [5.41, 5.74) is 1.40. The number of halogens is 2. The van der Waals surface area contributed by atoms with Gasteiger partial charge in [-0.3, -0.25) is 4.98 Å². The number of hydrogen-bond acceptors (Lipinski definition) is 4. The van der Waals surface area contributed by atoms with E-state index in [2.05, 4.69) is 15.0 Å². The molecule has 134 valence electrons. The van der Waals surface area contributed by atoms with Crippen LogP contribution in [0.15, 0.2) is 12.1 Å². The standard InChI is InChI=1S/C17H25F2N3OS/c1-16(2,3)24(23)22-14-11-4-5-12(15(18)19)21-13(11)10-17(14)6-8-20-9-7-17/h4-5,14-15,20,22H,6-10H2,1-3H3. The Morgan fingerprint density at radius 2 is 2.00 bits per heavy atom. The van der Waals surface area contributed by atoms with E-state index in [1.165, 1.54) is 6.07 Å². The maximum atomic E-state index is 13.0. The molecule has 0 amide bonds. The highest BCUT2D eigenvalue weighted by atomic mass is 32.2. The first-order chi connectivity index (χ1) is 11.2. The summed E-state index contributed by atoms with van der Waals surface area (Å²) in [6, 6.07) is 3.05. The molecule has 0 aromatic carbocycles. The lowest BCUT2D eigenvalue weighted by Gasteiger charge is -2.40. The number of aromatic nitrogens is 1. The smallest absolute Gasteiger partial charge is 0.280 e. The van der Waals surface area contributed by atoms with Crippen molar-refractivity contribution in [1.29, 1.82) is 0 Å². The number of pyridine rings is 1. The van der Waals surface area contributed by atoms with Crippen LogP contribution in [0.1, 0.15) is 63.0 Å². The summed E-state index contributed by atoms with van der Waals surface area (Å²) in [6.45, 7) is 7.56. The van der Waals surface area contributed by atoms with Crippen LogP contribution in [-0.2, 0) is 17.8 Å². The Kier molecular flexibility index (Phi) is 4.90. The normalized spacial score (nSPS) is 24.4. The van der Waals surface area contributed by atoms with Crippen LogP contribution in [0.5, 0.6) is 0 Å². The fourth-order valence-electron chi connectivity index (χ4n) is 3.68. The Morgan fingerprint density at radius 3 is 2.58 bits per heavy atom. The summed E-state index contributed by atoms with van der Waals surface area (Å²) in [4.78, 5) is 4.21. The van der Waals surface area contributed by atoms with Crippen LogP contribution >= 0.6 is 0 Å². The van der Waals surface area contributed by atoms with Crippen molar-refractivity contribution in [2.24, 2.45) is 5.41 Å². The zero-order valence-corrected chi connectivity index (χ0v) is 15.2. The van der Waals surface area contributed by atoms with Crippen LogP contribution in [0.3, 0.4) is 0 Å². The van der Waals surface area contributed by atoms with Crippen molar-refractivity contribution < 1.29 is 13.3 Å². The van der Waals surface area contributed by atoms with E-state index in [1.54, 1.807) is 6.07 Å². The molecule has 1 aromatic heterocycles. The molecule has 1 saturated heterocycles. The van der Waals surface area contributed by atoms with Gasteiger partial charge >= 0.3 is 0 Å². The van der Waals surface area contributed by atoms with Crippen molar-refractivity contribution >= 4 is 11.4 Å². The number of piperidine rings is 1. The SMILES string of the molecule is CC(C)(C)[S+]([O-])NC1c2ccc(C(F)F)nc2CC12CCNCC2. The average molecular weight is 357 g/mol. The lowest BCUT2D eigenvalue weighted by atomic mass is 9.74. The number of nitrogens with one attached hydrogen (secondary N) is 2. The molecule has 7 heteroatoms. The summed E-state index contributed by atoms with van der Waals surface area (Å²) in [6.07, 6.45) is -0.0440. The first-order valence-electron chi connectivity index (χ1n) is 8.40. The van der Waals surface area contributed by atoms with Crippen molar-refractivity contribution in [3.63, 3.8) is 0 Å². The second-order valence-electron chi connectivity index (χ2n) is 7.79. The molecule has 1 fully saturated rings. The molecule has 0 radical (unpaired) electrons. The molecule has 1 aliphatic carbocycles. The molecule has 1 aliphatic heterocycles. The fourth-order valence-corrected chi connectivity index (χ4v) is 4.63. The first-order valence-corrected chi connectivity index (χ1v) is 9.55. The summed E-state index contributed by atoms with van der Waals surface area (Å²) < 4.78 is 41.6. The van der Waals surface area contributed by atoms with Gasteiger partial charge in [0.15, 0.2) is 0 Å². The van der Waals surface area contributed by atoms with Crippen LogP contribution in [0, 0.1) is 5.41 Å². The van der Waals surface area contributed by atoms with Gasteiger partial charge in [0.25, 0.3) is 6.43 Å². The molecule has 4 nitrogen and oxygen atoms in total. The van der Waals surface area contributed by atoms with Gasteiger partial charge in [-0.05, 0) is 64.8 Å². The highest BCUT2D eigenvalue weighted by Gasteiger charge is 2.50. The molecule has 3 rings (SSSR count). The Morgan fingerprint density at radius 1 is 1.33 bits per heavy atom. The highest BCUT2D eigenvalue weighted by Crippen LogP contribution is 2.51. The van der Waals surface area contributed by atoms with Gasteiger partial charge in [0.1, 0.15) is 10.4 Å². The molecule has 2 atom stereocenters. The zero-order chi connectivity index (χ0) is 17.5. The molecule has 2 heterocycles. The molecule has 1 spiro atoms. The van der Waals surface area contributed by atoms with E-state index < -0.39 is 17.8 Å². The minimum absolute atomic E-state index is 0.0950. The minimum Gasteiger partial charge on any atom is -0.598 e. The van der Waals surface area contributed by atoms with E-state index in [9.17, 15) is 13.3 Å². The number of hydrogen-bond donors (Lipinski definition) is 2. The average Bonchev–Trinajstić information content (AvgIpc) is 2.79. The van der Waals surface area contributed by atoms with Gasteiger partial charge in [-0.15, -0.1) is 4.72 Å². The third kappa shape index (κ3) is 3.31. The van der Waals surface area contributed by atoms with Crippen molar-refractivity contribution in [1.82, 2.24) is 15.0 Å². The molecular weight excluding hydrogens is 332 g/mol. The van der Waals surface area contributed by atoms with Crippen LogP contribution in [0.25, 0.3) is 0 Å². The number of fused-ring (bicyclic) bond motifs is 1. The molecule has 1 aromatic rings. The molecular formula is C17H25F2N3OS. The maximum Gasteiger partial charge on any atom is 0.280 e. The Hall–Kier alpha value is -0.760. The molecule has 24 heavy (non-hydrogen) atoms. The summed E-state index contributed by atoms with van der Waals surface area (Å²) >= 11 is -1.22. The van der Waals surface area contributed by atoms with Crippen LogP contribution in [-0.4, -0.2) is 27.4 Å². The van der Waals surface area contributed by atoms with Gasteiger partial charge in [0.2, 0.25) is 0 Å². The first kappa shape index (κ1) is 18.0. The minimum atomic E-state index is -2.56. The van der Waals surface area contributed by atoms with E-state index in [4.69, 9.17) is 0 Å². The predicted octanol–water partition coefficient (Wildman–Crippen LogP) is 3.04. The number of alkyl halides is 2. The van der Waals surface area contributed by atoms with Crippen molar-refractivity contribution in [3.8, 4) is 0 Å². The molecule has 0 saturated carbocycles. The second-order valence-corrected chi connectivity index (χ2v) is 9.79. The second kappa shape index (κ2) is 6.52. The monoisotopic (exact) mass is 357 g/mol. The molecule has 2 N–H and O–H groups in total. The van der Waals surface area contributed by atoms with E-state index in [-0.39, 0.29) is 21.9 Å². The van der Waals surface area contributed by atoms with Crippen LogP contribution < -0.4 is 10.0 Å². The van der Waals surface area contributed by atoms with Crippen LogP contribution in [0.2, 0.25) is 0 Å². The molecule has 2 unspecified atom stereocenters. The topological polar surface area (TPSA) is 60.0 Å². The number of rotatable bonds is 3. The van der Waals surface area contributed by atoms with Crippen molar-refractivity contribution in [3.05, 3.63) is 29.1 Å². The Labute approximate surface area is 145 Å². The number of nitrogens with zero attached hydrogens (tertiary/aromatic N) is 1. The van der Waals surface area contributed by atoms with Crippen molar-refractivity contribution in [2.75, 3.05) is 13.1 Å². The Balaban J connectivity index is 1.96. The van der Waals surface area contributed by atoms with E-state index in [1.807, 2.05) is 20.8 Å². The summed E-state index contributed by atoms with van der Waals surface area (Å²) in [5.74, 6) is 0. The van der Waals surface area contributed by atoms with E-state index in [0.717, 1.165) is 37.2 Å². The lowest BCUT2D eigenvalue weighted by molar-refractivity contribution is 0.145. The third-order valence-electron chi connectivity index (χ3n) is 5.08. The maximum absolute atomic E-state index is 13.0.